The van der Waals surface area contributed by atoms with Gasteiger partial charge in [0, 0.05) is 3.57 Å². The molecular formula is C14H15F2I3O6S. The van der Waals surface area contributed by atoms with E-state index in [-0.39, 0.29) is 18.6 Å². The van der Waals surface area contributed by atoms with Crippen LogP contribution in [0.3, 0.4) is 0 Å². The summed E-state index contributed by atoms with van der Waals surface area (Å²) < 4.78 is 62.8. The number of phenols is 1. The van der Waals surface area contributed by atoms with Crippen LogP contribution in [0, 0.1) is 16.6 Å². The lowest BCUT2D eigenvalue weighted by atomic mass is 9.97. The molecule has 0 aliphatic carbocycles. The molecule has 1 aromatic rings. The first-order valence-electron chi connectivity index (χ1n) is 7.16. The van der Waals surface area contributed by atoms with E-state index in [1.807, 2.05) is 45.2 Å². The molecule has 1 rings (SSSR count). The summed E-state index contributed by atoms with van der Waals surface area (Å²) in [5.74, 6) is -3.08. The molecule has 0 aliphatic heterocycles. The average molecular weight is 730 g/mol. The summed E-state index contributed by atoms with van der Waals surface area (Å²) >= 11 is 5.96. The van der Waals surface area contributed by atoms with Crippen molar-refractivity contribution in [3.8, 4) is 5.75 Å². The van der Waals surface area contributed by atoms with E-state index in [9.17, 15) is 27.1 Å². The van der Waals surface area contributed by atoms with Crippen molar-refractivity contribution < 1.29 is 36.4 Å². The van der Waals surface area contributed by atoms with E-state index in [1.54, 1.807) is 13.0 Å². The van der Waals surface area contributed by atoms with Crippen molar-refractivity contribution in [2.24, 2.45) is 5.92 Å². The number of carbonyl (C=O) groups is 1. The fraction of sp³-hybridized carbons (Fsp3) is 0.500. The Bertz CT molecular complexity index is 772. The second kappa shape index (κ2) is 10.3. The first-order valence-corrected chi connectivity index (χ1v) is 12.0. The van der Waals surface area contributed by atoms with Crippen molar-refractivity contribution in [2.45, 2.75) is 32.3 Å². The minimum absolute atomic E-state index is 0.0710. The molecule has 0 saturated heterocycles. The van der Waals surface area contributed by atoms with Crippen molar-refractivity contribution in [3.05, 3.63) is 22.3 Å². The summed E-state index contributed by atoms with van der Waals surface area (Å²) in [6, 6.07) is 1.73. The lowest BCUT2D eigenvalue weighted by Gasteiger charge is -2.21. The Morgan fingerprint density at radius 3 is 2.31 bits per heavy atom. The van der Waals surface area contributed by atoms with Crippen LogP contribution in [0.1, 0.15) is 18.9 Å². The predicted molar refractivity (Wildman–Crippen MR) is 116 cm³/mol. The second-order valence-electron chi connectivity index (χ2n) is 5.35. The maximum Gasteiger partial charge on any atom is 0.309 e. The van der Waals surface area contributed by atoms with Crippen LogP contribution in [0.25, 0.3) is 0 Å². The number of hydrogen-bond donors (Lipinski definition) is 2. The maximum atomic E-state index is 12.9. The highest BCUT2D eigenvalue weighted by Gasteiger charge is 2.32. The molecule has 1 aromatic carbocycles. The van der Waals surface area contributed by atoms with Crippen LogP contribution in [0.15, 0.2) is 6.07 Å². The minimum atomic E-state index is -4.72. The molecule has 2 N–H and O–H groups in total. The molecule has 0 spiro atoms. The van der Waals surface area contributed by atoms with E-state index in [4.69, 9.17) is 4.55 Å². The number of hydrogen-bond acceptors (Lipinski definition) is 5. The van der Waals surface area contributed by atoms with Gasteiger partial charge in [0.05, 0.1) is 13.1 Å². The van der Waals surface area contributed by atoms with Crippen molar-refractivity contribution in [1.29, 1.82) is 0 Å². The first kappa shape index (κ1) is 24.5. The van der Waals surface area contributed by atoms with E-state index in [1.165, 1.54) is 0 Å². The zero-order valence-corrected chi connectivity index (χ0v) is 20.5. The molecule has 2 unspecified atom stereocenters. The fourth-order valence-electron chi connectivity index (χ4n) is 2.06. The molecule has 6 nitrogen and oxygen atoms in total. The van der Waals surface area contributed by atoms with Crippen LogP contribution in [-0.4, -0.2) is 42.3 Å². The third-order valence-electron chi connectivity index (χ3n) is 3.44. The molecular weight excluding hydrogens is 715 g/mol. The van der Waals surface area contributed by atoms with Gasteiger partial charge in [-0.15, -0.1) is 0 Å². The molecule has 0 saturated carbocycles. The van der Waals surface area contributed by atoms with Crippen molar-refractivity contribution in [1.82, 2.24) is 0 Å². The quantitative estimate of drug-likeness (QED) is 0.240. The van der Waals surface area contributed by atoms with Gasteiger partial charge in [-0.1, -0.05) is 6.92 Å². The van der Waals surface area contributed by atoms with E-state index in [0.717, 1.165) is 3.57 Å². The number of aromatic hydroxyl groups is 1. The Morgan fingerprint density at radius 1 is 1.27 bits per heavy atom. The van der Waals surface area contributed by atoms with Crippen LogP contribution < -0.4 is 0 Å². The van der Waals surface area contributed by atoms with Gasteiger partial charge in [-0.05, 0) is 92.2 Å². The zero-order chi connectivity index (χ0) is 20.2. The number of halogens is 5. The normalized spacial score (nSPS) is 14.3. The molecule has 0 amide bonds. The smallest absolute Gasteiger partial charge is 0.309 e. The molecule has 0 bridgehead atoms. The van der Waals surface area contributed by atoms with Gasteiger partial charge in [0.25, 0.3) is 16.5 Å². The molecule has 0 aromatic heterocycles. The van der Waals surface area contributed by atoms with Gasteiger partial charge in [-0.2, -0.15) is 8.42 Å². The van der Waals surface area contributed by atoms with Crippen LogP contribution in [0.4, 0.5) is 8.78 Å². The van der Waals surface area contributed by atoms with Crippen LogP contribution in [0.2, 0.25) is 0 Å². The van der Waals surface area contributed by atoms with Gasteiger partial charge in [0.1, 0.15) is 11.5 Å². The lowest BCUT2D eigenvalue weighted by Crippen LogP contribution is -2.35. The summed E-state index contributed by atoms with van der Waals surface area (Å²) in [6.07, 6.45) is -5.09. The molecule has 0 fully saturated rings. The van der Waals surface area contributed by atoms with Gasteiger partial charge in [-0.25, -0.2) is 8.78 Å². The molecule has 0 heterocycles. The fourth-order valence-corrected chi connectivity index (χ4v) is 6.50. The SMILES string of the molecule is CCC(Cc1c(I)cc(I)c(O)c1I)C(=O)OC(CS(=O)(=O)O)C(F)F. The Morgan fingerprint density at radius 2 is 1.85 bits per heavy atom. The number of alkyl halides is 2. The Kier molecular flexibility index (Phi) is 9.69. The van der Waals surface area contributed by atoms with E-state index in [2.05, 4.69) is 27.3 Å². The highest BCUT2D eigenvalue weighted by molar-refractivity contribution is 14.1. The topological polar surface area (TPSA) is 101 Å². The third kappa shape index (κ3) is 7.12. The number of ether oxygens (including phenoxy) is 1. The van der Waals surface area contributed by atoms with Gasteiger partial charge in [0.2, 0.25) is 0 Å². The summed E-state index contributed by atoms with van der Waals surface area (Å²) in [7, 11) is -4.72. The third-order valence-corrected chi connectivity index (χ3v) is 7.14. The van der Waals surface area contributed by atoms with Gasteiger partial charge in [-0.3, -0.25) is 9.35 Å². The minimum Gasteiger partial charge on any atom is -0.506 e. The van der Waals surface area contributed by atoms with E-state index < -0.39 is 40.3 Å². The lowest BCUT2D eigenvalue weighted by molar-refractivity contribution is -0.160. The standard InChI is InChI=1S/C14H15F2I3O6S/c1-2-6(3-7-8(17)4-9(18)12(20)11(7)19)14(21)25-10(13(15)16)5-26(22,23)24/h4,6,10,13,20H,2-3,5H2,1H3,(H,22,23,24). The Labute approximate surface area is 190 Å². The zero-order valence-electron chi connectivity index (χ0n) is 13.3. The highest BCUT2D eigenvalue weighted by atomic mass is 127. The van der Waals surface area contributed by atoms with Gasteiger partial charge < -0.3 is 9.84 Å². The van der Waals surface area contributed by atoms with Gasteiger partial charge in [0.15, 0.2) is 6.10 Å². The maximum absolute atomic E-state index is 12.9. The largest absolute Gasteiger partial charge is 0.506 e. The molecule has 2 atom stereocenters. The summed E-state index contributed by atoms with van der Waals surface area (Å²) in [4.78, 5) is 12.3. The van der Waals surface area contributed by atoms with Crippen molar-refractivity contribution in [3.63, 3.8) is 0 Å². The van der Waals surface area contributed by atoms with Crippen molar-refractivity contribution >= 4 is 83.9 Å². The number of benzene rings is 1. The van der Waals surface area contributed by atoms with Crippen LogP contribution >= 0.6 is 67.8 Å². The van der Waals surface area contributed by atoms with Crippen LogP contribution in [0.5, 0.6) is 5.75 Å². The molecule has 26 heavy (non-hydrogen) atoms. The van der Waals surface area contributed by atoms with Crippen LogP contribution in [-0.2, 0) is 26.1 Å². The number of esters is 1. The number of rotatable bonds is 8. The summed E-state index contributed by atoms with van der Waals surface area (Å²) in [5.41, 5.74) is 0.677. The molecule has 148 valence electrons. The summed E-state index contributed by atoms with van der Waals surface area (Å²) in [5, 5.41) is 10.1. The number of carbonyl (C=O) groups excluding carboxylic acids is 1. The average Bonchev–Trinajstić information content (AvgIpc) is 2.50. The summed E-state index contributed by atoms with van der Waals surface area (Å²) in [6.45, 7) is 1.67. The molecule has 0 radical (unpaired) electrons. The van der Waals surface area contributed by atoms with Gasteiger partial charge >= 0.3 is 5.97 Å². The molecule has 12 heteroatoms. The van der Waals surface area contributed by atoms with E-state index >= 15 is 0 Å². The first-order chi connectivity index (χ1) is 11.9. The van der Waals surface area contributed by atoms with Crippen molar-refractivity contribution in [2.75, 3.05) is 5.75 Å². The number of phenolic OH excluding ortho intramolecular Hbond substituents is 1. The Balaban J connectivity index is 3.02. The Hall–Kier alpha value is 0.450. The second-order valence-corrected chi connectivity index (χ2v) is 10.2. The molecule has 0 aliphatic rings. The predicted octanol–water partition coefficient (Wildman–Crippen LogP) is 3.84. The highest BCUT2D eigenvalue weighted by Crippen LogP contribution is 2.34. The van der Waals surface area contributed by atoms with E-state index in [0.29, 0.717) is 12.7 Å². The monoisotopic (exact) mass is 730 g/mol.